The van der Waals surface area contributed by atoms with Crippen LogP contribution >= 0.6 is 0 Å². The molecule has 0 atom stereocenters. The Bertz CT molecular complexity index is 68.5. The SMILES string of the molecule is [CH-]=C/C=C\[CH]=[Ni].[SH-].[SH-]. The standard InChI is InChI=1S/C5H5.Ni.2H2S/c1-3-5-4-2;;;/h1-5H;;2*1H2/q-1;;;/p-2/b5-3-;;;. The molecule has 0 aromatic rings. The van der Waals surface area contributed by atoms with E-state index in [1.54, 1.807) is 17.1 Å². The van der Waals surface area contributed by atoms with Crippen molar-refractivity contribution in [3.8, 4) is 0 Å². The van der Waals surface area contributed by atoms with Crippen molar-refractivity contribution >= 4 is 32.0 Å². The van der Waals surface area contributed by atoms with E-state index < -0.39 is 0 Å². The third-order valence-corrected chi connectivity index (χ3v) is 0.473. The van der Waals surface area contributed by atoms with Crippen molar-refractivity contribution in [3.05, 3.63) is 24.8 Å². The van der Waals surface area contributed by atoms with E-state index in [1.165, 1.54) is 6.08 Å². The first kappa shape index (κ1) is 15.8. The maximum Gasteiger partial charge on any atom is -0.813 e. The van der Waals surface area contributed by atoms with Gasteiger partial charge in [-0.2, -0.15) is 0 Å². The molecule has 0 unspecified atom stereocenters. The van der Waals surface area contributed by atoms with Crippen LogP contribution in [0.3, 0.4) is 0 Å². The fraction of sp³-hybridized carbons (Fsp3) is 0. The molecule has 0 nitrogen and oxygen atoms in total. The molecule has 0 amide bonds. The first-order valence-electron chi connectivity index (χ1n) is 1.52. The average Bonchev–Trinajstić information content (AvgIpc) is 1.61. The van der Waals surface area contributed by atoms with Gasteiger partial charge in [-0.15, -0.1) is 0 Å². The Kier molecular flexibility index (Phi) is 30.9. The molecule has 0 aliphatic rings. The van der Waals surface area contributed by atoms with Crippen molar-refractivity contribution in [2.24, 2.45) is 0 Å². The Labute approximate surface area is 71.9 Å². The summed E-state index contributed by atoms with van der Waals surface area (Å²) in [5, 5.41) is 0. The van der Waals surface area contributed by atoms with E-state index in [0.29, 0.717) is 0 Å². The molecule has 0 rings (SSSR count). The van der Waals surface area contributed by atoms with Gasteiger partial charge in [0, 0.05) is 0 Å². The summed E-state index contributed by atoms with van der Waals surface area (Å²) < 4.78 is 0. The molecule has 52 valence electrons. The fourth-order valence-corrected chi connectivity index (χ4v) is 0.209. The van der Waals surface area contributed by atoms with E-state index in [-0.39, 0.29) is 27.0 Å². The summed E-state index contributed by atoms with van der Waals surface area (Å²) in [6, 6.07) is 0. The number of allylic oxidation sites excluding steroid dienone is 3. The minimum Gasteiger partial charge on any atom is -0.813 e. The van der Waals surface area contributed by atoms with Crippen LogP contribution in [0.25, 0.3) is 0 Å². The Morgan fingerprint density at radius 1 is 1.12 bits per heavy atom. The molecular formula is C5H7NiS2-3. The van der Waals surface area contributed by atoms with Gasteiger partial charge in [0.25, 0.3) is 0 Å². The van der Waals surface area contributed by atoms with Gasteiger partial charge >= 0.3 is 44.8 Å². The first-order valence-corrected chi connectivity index (χ1v) is 2.09. The predicted octanol–water partition coefficient (Wildman–Crippen LogP) is 0.341. The number of thiol groups is 2. The van der Waals surface area contributed by atoms with Crippen LogP contribution in [0.15, 0.2) is 18.2 Å². The largest absolute Gasteiger partial charge is 0.813 e. The van der Waals surface area contributed by atoms with Gasteiger partial charge in [-0.1, -0.05) is 0 Å². The number of hydrogen-bond acceptors (Lipinski definition) is 2. The van der Waals surface area contributed by atoms with E-state index >= 15 is 0 Å². The Morgan fingerprint density at radius 3 is 1.75 bits per heavy atom. The van der Waals surface area contributed by atoms with Gasteiger partial charge in [-0.25, -0.2) is 0 Å². The van der Waals surface area contributed by atoms with Crippen LogP contribution in [0.4, 0.5) is 0 Å². The minimum absolute atomic E-state index is 0. The van der Waals surface area contributed by atoms with Gasteiger partial charge < -0.3 is 27.0 Å². The van der Waals surface area contributed by atoms with Gasteiger partial charge in [-0.3, -0.25) is 0 Å². The molecule has 0 aromatic heterocycles. The molecule has 0 saturated heterocycles. The second kappa shape index (κ2) is 15.6. The van der Waals surface area contributed by atoms with Gasteiger partial charge in [-0.05, 0) is 0 Å². The Morgan fingerprint density at radius 2 is 1.62 bits per heavy atom. The molecule has 0 bridgehead atoms. The summed E-state index contributed by atoms with van der Waals surface area (Å²) in [4.78, 5) is 1.54. The predicted molar refractivity (Wildman–Crippen MR) is 41.6 cm³/mol. The molecule has 0 aromatic carbocycles. The van der Waals surface area contributed by atoms with E-state index in [0.717, 1.165) is 0 Å². The van der Waals surface area contributed by atoms with Crippen LogP contribution in [-0.4, -0.2) is 4.99 Å². The first-order chi connectivity index (χ1) is 2.91. The van der Waals surface area contributed by atoms with Crippen LogP contribution in [0.5, 0.6) is 0 Å². The molecule has 0 fully saturated rings. The zero-order valence-electron chi connectivity index (χ0n) is 4.10. The Balaban J connectivity index is -0.000000125. The monoisotopic (exact) mass is 189 g/mol. The Hall–Kier alpha value is 0.544. The second-order valence-corrected chi connectivity index (χ2v) is 1.01. The third-order valence-electron chi connectivity index (χ3n) is 0.283. The van der Waals surface area contributed by atoms with Crippen LogP contribution in [0.1, 0.15) is 0 Å². The molecular weight excluding hydrogens is 183 g/mol. The molecule has 0 radical (unpaired) electrons. The van der Waals surface area contributed by atoms with E-state index in [1.807, 2.05) is 0 Å². The summed E-state index contributed by atoms with van der Waals surface area (Å²) in [7, 11) is 0. The second-order valence-electron chi connectivity index (χ2n) is 0.683. The van der Waals surface area contributed by atoms with E-state index in [2.05, 4.69) is 15.0 Å². The van der Waals surface area contributed by atoms with Gasteiger partial charge in [0.2, 0.25) is 0 Å². The van der Waals surface area contributed by atoms with Gasteiger partial charge in [0.15, 0.2) is 0 Å². The molecule has 0 N–H and O–H groups in total. The summed E-state index contributed by atoms with van der Waals surface area (Å²) >= 11 is 4.18. The third kappa shape index (κ3) is 16.0. The quantitative estimate of drug-likeness (QED) is 0.202. The van der Waals surface area contributed by atoms with Crippen molar-refractivity contribution in [2.75, 3.05) is 0 Å². The minimum atomic E-state index is 0. The summed E-state index contributed by atoms with van der Waals surface area (Å²) in [6.45, 7) is 4.94. The normalized spacial score (nSPS) is 6.75. The molecule has 3 heteroatoms. The maximum absolute atomic E-state index is 4.94. The molecule has 0 heterocycles. The van der Waals surface area contributed by atoms with Crippen LogP contribution in [0.2, 0.25) is 0 Å². The average molecular weight is 190 g/mol. The smallest absolute Gasteiger partial charge is 0.813 e. The zero-order chi connectivity index (χ0) is 4.83. The molecule has 8 heavy (non-hydrogen) atoms. The van der Waals surface area contributed by atoms with Crippen molar-refractivity contribution < 1.29 is 15.0 Å². The van der Waals surface area contributed by atoms with Gasteiger partial charge in [0.05, 0.1) is 0 Å². The fourth-order valence-electron chi connectivity index (χ4n) is 0.0993. The van der Waals surface area contributed by atoms with E-state index in [9.17, 15) is 0 Å². The van der Waals surface area contributed by atoms with Crippen molar-refractivity contribution in [3.63, 3.8) is 0 Å². The molecule has 0 aliphatic heterocycles. The summed E-state index contributed by atoms with van der Waals surface area (Å²) in [6.07, 6.45) is 4.83. The molecule has 0 spiro atoms. The number of rotatable bonds is 2. The van der Waals surface area contributed by atoms with Crippen LogP contribution in [-0.2, 0) is 42.0 Å². The molecule has 0 aliphatic carbocycles. The van der Waals surface area contributed by atoms with E-state index in [4.69, 9.17) is 6.58 Å². The zero-order valence-corrected chi connectivity index (χ0v) is 6.87. The van der Waals surface area contributed by atoms with Crippen molar-refractivity contribution in [2.45, 2.75) is 0 Å². The maximum atomic E-state index is 4.94. The topological polar surface area (TPSA) is 0 Å². The van der Waals surface area contributed by atoms with Crippen LogP contribution in [0, 0.1) is 6.58 Å². The van der Waals surface area contributed by atoms with Crippen LogP contribution < -0.4 is 0 Å². The van der Waals surface area contributed by atoms with Gasteiger partial charge in [0.1, 0.15) is 0 Å². The van der Waals surface area contributed by atoms with Crippen molar-refractivity contribution in [1.82, 2.24) is 0 Å². The van der Waals surface area contributed by atoms with Crippen molar-refractivity contribution in [1.29, 1.82) is 0 Å². The molecule has 0 saturated carbocycles. The number of hydrogen-bond donors (Lipinski definition) is 0. The summed E-state index contributed by atoms with van der Waals surface area (Å²) in [5.41, 5.74) is 0. The summed E-state index contributed by atoms with van der Waals surface area (Å²) in [5.74, 6) is 0.